The number of methoxy groups -OCH3 is 1. The fraction of sp³-hybridized carbons (Fsp3) is 0.500. The molecule has 3 heterocycles. The molecule has 0 saturated carbocycles. The zero-order valence-electron chi connectivity index (χ0n) is 32.2. The zero-order valence-corrected chi connectivity index (χ0v) is 32.2. The van der Waals surface area contributed by atoms with Crippen LogP contribution in [-0.2, 0) is 28.6 Å². The second-order valence-corrected chi connectivity index (χ2v) is 14.4. The van der Waals surface area contributed by atoms with E-state index >= 15 is 0 Å². The number of aliphatic hydroxyl groups is 4. The number of allylic oxidation sites excluding steroid dienone is 5. The number of carbonyl (C=O) groups excluding carboxylic acids is 4. The van der Waals surface area contributed by atoms with Crippen molar-refractivity contribution in [3.05, 3.63) is 69.2 Å². The number of fused-ring (bicyclic) bond motifs is 14. The number of hydrogen-bond donors (Lipinski definition) is 6. The number of phenols is 1. The van der Waals surface area contributed by atoms with Gasteiger partial charge in [-0.25, -0.2) is 0 Å². The summed E-state index contributed by atoms with van der Waals surface area (Å²) in [5, 5.41) is 60.0. The number of ether oxygens (including phenoxy) is 4. The van der Waals surface area contributed by atoms with E-state index in [4.69, 9.17) is 18.9 Å². The SMILES string of the molecule is COC(=O)[C@@H]1[C@H](O)[C@H](C)[C@@H](O)[C@@H](C)C=CC=C(C)C(=O)Nc2c(C)c(OC(C)=O)c3c(c2O)C(=O)C(C)=C2OCOC(=C23)C(C)=C[C@H](C)[C@H](O)[C@@H](C)[C@H]1O. The summed E-state index contributed by atoms with van der Waals surface area (Å²) in [6.07, 6.45) is 0.456. The van der Waals surface area contributed by atoms with Gasteiger partial charge < -0.3 is 49.8 Å². The Morgan fingerprint density at radius 3 is 1.98 bits per heavy atom. The van der Waals surface area contributed by atoms with E-state index in [-0.39, 0.29) is 63.2 Å². The number of benzene rings is 1. The van der Waals surface area contributed by atoms with E-state index in [0.717, 1.165) is 14.0 Å². The van der Waals surface area contributed by atoms with Gasteiger partial charge in [0.25, 0.3) is 5.91 Å². The molecule has 0 radical (unpaired) electrons. The smallest absolute Gasteiger partial charge is 0.313 e. The van der Waals surface area contributed by atoms with Crippen LogP contribution in [-0.4, -0.2) is 87.5 Å². The molecule has 1 aliphatic carbocycles. The second kappa shape index (κ2) is 16.7. The molecule has 0 aromatic heterocycles. The summed E-state index contributed by atoms with van der Waals surface area (Å²) >= 11 is 0. The summed E-state index contributed by atoms with van der Waals surface area (Å²) in [5.74, 6) is -8.30. The van der Waals surface area contributed by atoms with E-state index in [1.54, 1.807) is 32.9 Å². The number of aromatic hydroxyl groups is 1. The molecule has 1 amide bonds. The molecule has 4 bridgehead atoms. The fourth-order valence-electron chi connectivity index (χ4n) is 7.22. The first kappa shape index (κ1) is 42.0. The lowest BCUT2D eigenvalue weighted by Gasteiger charge is -2.37. The fourth-order valence-corrected chi connectivity index (χ4v) is 7.22. The molecule has 14 nitrogen and oxygen atoms in total. The average molecular weight is 754 g/mol. The van der Waals surface area contributed by atoms with Gasteiger partial charge in [-0.1, -0.05) is 52.0 Å². The lowest BCUT2D eigenvalue weighted by molar-refractivity contribution is -0.164. The first-order chi connectivity index (χ1) is 25.3. The van der Waals surface area contributed by atoms with Crippen molar-refractivity contribution in [2.75, 3.05) is 19.2 Å². The van der Waals surface area contributed by atoms with Crippen LogP contribution < -0.4 is 10.1 Å². The molecule has 0 fully saturated rings. The predicted molar refractivity (Wildman–Crippen MR) is 197 cm³/mol. The van der Waals surface area contributed by atoms with Crippen molar-refractivity contribution in [2.45, 2.75) is 86.7 Å². The molecule has 1 aromatic carbocycles. The van der Waals surface area contributed by atoms with Crippen molar-refractivity contribution in [1.82, 2.24) is 0 Å². The Morgan fingerprint density at radius 1 is 0.833 bits per heavy atom. The third-order valence-electron chi connectivity index (χ3n) is 10.6. The van der Waals surface area contributed by atoms with Gasteiger partial charge in [0, 0.05) is 52.9 Å². The van der Waals surface area contributed by atoms with Crippen LogP contribution in [0.25, 0.3) is 5.57 Å². The highest BCUT2D eigenvalue weighted by Crippen LogP contribution is 2.53. The maximum atomic E-state index is 14.0. The van der Waals surface area contributed by atoms with Gasteiger partial charge in [-0.15, -0.1) is 0 Å². The van der Waals surface area contributed by atoms with Crippen molar-refractivity contribution < 1.29 is 63.7 Å². The van der Waals surface area contributed by atoms with Gasteiger partial charge in [-0.05, 0) is 33.3 Å². The van der Waals surface area contributed by atoms with E-state index in [9.17, 15) is 44.7 Å². The van der Waals surface area contributed by atoms with E-state index in [0.29, 0.717) is 5.57 Å². The Balaban J connectivity index is 2.03. The Labute approximate surface area is 314 Å². The number of Topliss-reactive ketones (excluding diaryl/α,β-unsaturated/α-hetero) is 1. The van der Waals surface area contributed by atoms with Crippen LogP contribution in [0.2, 0.25) is 0 Å². The largest absolute Gasteiger partial charge is 0.505 e. The molecule has 14 heteroatoms. The van der Waals surface area contributed by atoms with E-state index in [1.807, 2.05) is 0 Å². The number of amides is 1. The highest BCUT2D eigenvalue weighted by Gasteiger charge is 2.45. The molecule has 4 aliphatic rings. The van der Waals surface area contributed by atoms with Crippen LogP contribution in [0.15, 0.2) is 52.5 Å². The monoisotopic (exact) mass is 753 g/mol. The highest BCUT2D eigenvalue weighted by atomic mass is 16.7. The Hall–Kier alpha value is -4.76. The lowest BCUT2D eigenvalue weighted by Crippen LogP contribution is -2.50. The van der Waals surface area contributed by atoms with E-state index in [1.165, 1.54) is 46.8 Å². The number of nitrogens with one attached hydrogen (secondary N) is 1. The van der Waals surface area contributed by atoms with Gasteiger partial charge in [0.1, 0.15) is 23.2 Å². The quantitative estimate of drug-likeness (QED) is 0.143. The Bertz CT molecular complexity index is 1870. The van der Waals surface area contributed by atoms with Crippen LogP contribution in [0.5, 0.6) is 11.5 Å². The zero-order chi connectivity index (χ0) is 40.5. The number of anilines is 1. The number of carbonyl (C=O) groups is 4. The minimum absolute atomic E-state index is 0.00611. The first-order valence-electron chi connectivity index (χ1n) is 17.8. The minimum atomic E-state index is -1.62. The summed E-state index contributed by atoms with van der Waals surface area (Å²) in [5.41, 5.74) is 0.550. The van der Waals surface area contributed by atoms with Crippen LogP contribution in [0.1, 0.15) is 76.9 Å². The molecule has 0 unspecified atom stereocenters. The van der Waals surface area contributed by atoms with E-state index < -0.39 is 83.4 Å². The molecule has 294 valence electrons. The predicted octanol–water partition coefficient (Wildman–Crippen LogP) is 3.99. The third-order valence-corrected chi connectivity index (χ3v) is 10.6. The number of ketones is 1. The lowest BCUT2D eigenvalue weighted by atomic mass is 9.76. The van der Waals surface area contributed by atoms with Gasteiger partial charge in [0.05, 0.1) is 48.3 Å². The number of aliphatic hydroxyl groups excluding tert-OH is 4. The number of esters is 2. The molecule has 9 atom stereocenters. The summed E-state index contributed by atoms with van der Waals surface area (Å²) < 4.78 is 22.5. The van der Waals surface area contributed by atoms with Crippen LogP contribution in [0.3, 0.4) is 0 Å². The summed E-state index contributed by atoms with van der Waals surface area (Å²) in [6.45, 7) is 13.4. The standard InChI is InChI=1S/C40H51NO13/c1-16-12-11-13-17(2)39(49)41-29-20(5)38(54-24(9)42)25-26(35(29)48)34(47)23(8)37-27(25)36(52-15-53-37)19(4)14-18(3)31(44)22(7)33(46)28(40(50)51-10)32(45)21(6)30(16)43/h11-14,16,18,21-22,28,30-33,43-46,48H,15H2,1-10H3,(H,41,49)/t16-,18-,21+,22+,28+,30-,31-,32+,33+/m0/s1. The first-order valence-corrected chi connectivity index (χ1v) is 17.8. The Kier molecular flexibility index (Phi) is 13.0. The minimum Gasteiger partial charge on any atom is -0.505 e. The molecule has 3 aliphatic heterocycles. The molecular formula is C40H51NO13. The van der Waals surface area contributed by atoms with Gasteiger partial charge >= 0.3 is 11.9 Å². The van der Waals surface area contributed by atoms with Crippen molar-refractivity contribution in [2.24, 2.45) is 29.6 Å². The summed E-state index contributed by atoms with van der Waals surface area (Å²) in [7, 11) is 1.11. The van der Waals surface area contributed by atoms with Crippen LogP contribution in [0.4, 0.5) is 5.69 Å². The molecule has 0 spiro atoms. The van der Waals surface area contributed by atoms with Gasteiger partial charge in [-0.2, -0.15) is 0 Å². The van der Waals surface area contributed by atoms with Crippen molar-refractivity contribution in [3.63, 3.8) is 0 Å². The normalized spacial score (nSPS) is 29.8. The molecule has 0 saturated heterocycles. The highest BCUT2D eigenvalue weighted by molar-refractivity contribution is 6.21. The van der Waals surface area contributed by atoms with Crippen LogP contribution >= 0.6 is 0 Å². The van der Waals surface area contributed by atoms with Crippen LogP contribution in [0, 0.1) is 36.5 Å². The summed E-state index contributed by atoms with van der Waals surface area (Å²) in [6, 6.07) is 0. The van der Waals surface area contributed by atoms with Crippen molar-refractivity contribution >= 4 is 34.9 Å². The van der Waals surface area contributed by atoms with Gasteiger partial charge in [0.2, 0.25) is 6.79 Å². The average Bonchev–Trinajstić information content (AvgIpc) is 3.13. The number of hydrogen-bond acceptors (Lipinski definition) is 13. The number of rotatable bonds is 2. The molecule has 5 rings (SSSR count). The third kappa shape index (κ3) is 7.88. The van der Waals surface area contributed by atoms with Crippen molar-refractivity contribution in [1.29, 1.82) is 0 Å². The molecule has 6 N–H and O–H groups in total. The molecule has 1 aromatic rings. The van der Waals surface area contributed by atoms with Crippen molar-refractivity contribution in [3.8, 4) is 11.5 Å². The molecular weight excluding hydrogens is 702 g/mol. The maximum absolute atomic E-state index is 14.0. The maximum Gasteiger partial charge on any atom is 0.313 e. The summed E-state index contributed by atoms with van der Waals surface area (Å²) in [4.78, 5) is 53.0. The second-order valence-electron chi connectivity index (χ2n) is 14.4. The topological polar surface area (TPSA) is 218 Å². The Morgan fingerprint density at radius 2 is 1.41 bits per heavy atom. The number of phenolic OH excluding ortho intramolecular Hbond substituents is 1. The van der Waals surface area contributed by atoms with Gasteiger partial charge in [0.15, 0.2) is 11.5 Å². The molecule has 54 heavy (non-hydrogen) atoms. The van der Waals surface area contributed by atoms with E-state index in [2.05, 4.69) is 5.32 Å². The van der Waals surface area contributed by atoms with Gasteiger partial charge in [-0.3, -0.25) is 19.2 Å².